The quantitative estimate of drug-likeness (QED) is 0.752. The third-order valence-corrected chi connectivity index (χ3v) is 4.05. The fourth-order valence-electron chi connectivity index (χ4n) is 3.18. The van der Waals surface area contributed by atoms with Gasteiger partial charge in [0.05, 0.1) is 0 Å². The van der Waals surface area contributed by atoms with Gasteiger partial charge >= 0.3 is 0 Å². The highest BCUT2D eigenvalue weighted by molar-refractivity contribution is 5.81. The predicted octanol–water partition coefficient (Wildman–Crippen LogP) is 0.807. The average Bonchev–Trinajstić information content (AvgIpc) is 2.68. The molecule has 0 aliphatic carbocycles. The van der Waals surface area contributed by atoms with Crippen molar-refractivity contribution in [2.75, 3.05) is 13.1 Å². The smallest absolute Gasteiger partial charge is 0.221 e. The summed E-state index contributed by atoms with van der Waals surface area (Å²) < 4.78 is 0. The molecule has 0 unspecified atom stereocenters. The maximum absolute atomic E-state index is 11.8. The number of aromatic nitrogens is 1. The fraction of sp³-hybridized carbons (Fsp3) is 0.538. The number of nitrogens with one attached hydrogen (secondary N) is 2. The van der Waals surface area contributed by atoms with E-state index >= 15 is 0 Å². The van der Waals surface area contributed by atoms with Crippen LogP contribution in [0, 0.1) is 0 Å². The molecule has 0 radical (unpaired) electrons. The zero-order valence-corrected chi connectivity index (χ0v) is 9.78. The lowest BCUT2D eigenvalue weighted by atomic mass is 9.75. The molecule has 3 rings (SSSR count). The van der Waals surface area contributed by atoms with Gasteiger partial charge in [-0.2, -0.15) is 0 Å². The zero-order valence-electron chi connectivity index (χ0n) is 9.78. The monoisotopic (exact) mass is 231 g/mol. The van der Waals surface area contributed by atoms with E-state index in [-0.39, 0.29) is 11.4 Å². The van der Waals surface area contributed by atoms with Crippen LogP contribution in [0.25, 0.3) is 0 Å². The molecule has 4 nitrogen and oxygen atoms in total. The second kappa shape index (κ2) is 4.11. The maximum Gasteiger partial charge on any atom is 0.221 e. The summed E-state index contributed by atoms with van der Waals surface area (Å²) in [6, 6.07) is 4.07. The van der Waals surface area contributed by atoms with Crippen molar-refractivity contribution < 1.29 is 4.79 Å². The first-order chi connectivity index (χ1) is 8.30. The Morgan fingerprint density at radius 3 is 2.65 bits per heavy atom. The van der Waals surface area contributed by atoms with Gasteiger partial charge in [0.1, 0.15) is 0 Å². The summed E-state index contributed by atoms with van der Waals surface area (Å²) in [7, 11) is 0. The highest BCUT2D eigenvalue weighted by atomic mass is 16.2. The number of hydrogen-bond donors (Lipinski definition) is 2. The summed E-state index contributed by atoms with van der Waals surface area (Å²) in [6.45, 7) is 1.98. The van der Waals surface area contributed by atoms with Crippen molar-refractivity contribution in [3.8, 4) is 0 Å². The molecule has 1 aromatic heterocycles. The molecule has 0 saturated carbocycles. The minimum absolute atomic E-state index is 0.0241. The van der Waals surface area contributed by atoms with Crippen LogP contribution < -0.4 is 10.6 Å². The molecular weight excluding hydrogens is 214 g/mol. The van der Waals surface area contributed by atoms with Crippen LogP contribution in [0.4, 0.5) is 0 Å². The molecule has 3 heterocycles. The molecule has 1 aromatic rings. The van der Waals surface area contributed by atoms with E-state index in [4.69, 9.17) is 0 Å². The summed E-state index contributed by atoms with van der Waals surface area (Å²) in [5, 5.41) is 6.58. The van der Waals surface area contributed by atoms with Gasteiger partial charge < -0.3 is 10.6 Å². The summed E-state index contributed by atoms with van der Waals surface area (Å²) in [5.74, 6) is 0.494. The van der Waals surface area contributed by atoms with E-state index in [1.807, 2.05) is 24.5 Å². The van der Waals surface area contributed by atoms with Crippen molar-refractivity contribution in [3.63, 3.8) is 0 Å². The molecule has 1 amide bonds. The van der Waals surface area contributed by atoms with Gasteiger partial charge in [0.15, 0.2) is 0 Å². The van der Waals surface area contributed by atoms with Gasteiger partial charge in [-0.25, -0.2) is 0 Å². The van der Waals surface area contributed by atoms with Gasteiger partial charge in [-0.1, -0.05) is 0 Å². The van der Waals surface area contributed by atoms with Gasteiger partial charge in [0.2, 0.25) is 5.91 Å². The fourth-order valence-corrected chi connectivity index (χ4v) is 3.18. The van der Waals surface area contributed by atoms with Crippen molar-refractivity contribution in [1.29, 1.82) is 0 Å². The summed E-state index contributed by atoms with van der Waals surface area (Å²) in [5.41, 5.74) is 1.21. The Bertz CT molecular complexity index is 412. The van der Waals surface area contributed by atoms with E-state index in [1.54, 1.807) is 0 Å². The third kappa shape index (κ3) is 1.82. The number of amides is 1. The van der Waals surface area contributed by atoms with Crippen molar-refractivity contribution >= 4 is 5.91 Å². The predicted molar refractivity (Wildman–Crippen MR) is 64.6 cm³/mol. The lowest BCUT2D eigenvalue weighted by Crippen LogP contribution is -2.52. The number of nitrogens with zero attached hydrogens (tertiary/aromatic N) is 1. The molecule has 1 atom stereocenters. The van der Waals surface area contributed by atoms with E-state index in [0.717, 1.165) is 25.9 Å². The van der Waals surface area contributed by atoms with Crippen LogP contribution in [0.3, 0.4) is 0 Å². The standard InChI is InChI=1S/C13H17N3O/c17-12-9-11(10-1-5-14-6-2-10)13(16-12)3-7-15-8-4-13/h1-2,5-6,11,15H,3-4,7-9H2,(H,16,17)/t11-/m1/s1. The van der Waals surface area contributed by atoms with Gasteiger partial charge in [-0.15, -0.1) is 0 Å². The Morgan fingerprint density at radius 1 is 1.24 bits per heavy atom. The van der Waals surface area contributed by atoms with Crippen LogP contribution in [0.1, 0.15) is 30.7 Å². The van der Waals surface area contributed by atoms with E-state index in [2.05, 4.69) is 15.6 Å². The summed E-state index contributed by atoms with van der Waals surface area (Å²) in [4.78, 5) is 15.8. The largest absolute Gasteiger partial charge is 0.350 e. The Balaban J connectivity index is 1.94. The first-order valence-corrected chi connectivity index (χ1v) is 6.22. The summed E-state index contributed by atoms with van der Waals surface area (Å²) in [6.07, 6.45) is 6.28. The van der Waals surface area contributed by atoms with E-state index in [1.165, 1.54) is 5.56 Å². The molecule has 4 heteroatoms. The van der Waals surface area contributed by atoms with Crippen LogP contribution in [0.15, 0.2) is 24.5 Å². The van der Waals surface area contributed by atoms with Crippen molar-refractivity contribution in [3.05, 3.63) is 30.1 Å². The first kappa shape index (κ1) is 10.7. The topological polar surface area (TPSA) is 54.0 Å². The minimum Gasteiger partial charge on any atom is -0.350 e. The molecule has 2 saturated heterocycles. The Morgan fingerprint density at radius 2 is 1.94 bits per heavy atom. The van der Waals surface area contributed by atoms with E-state index in [9.17, 15) is 4.79 Å². The molecule has 2 N–H and O–H groups in total. The van der Waals surface area contributed by atoms with E-state index < -0.39 is 0 Å². The van der Waals surface area contributed by atoms with Crippen molar-refractivity contribution in [1.82, 2.24) is 15.6 Å². The van der Waals surface area contributed by atoms with E-state index in [0.29, 0.717) is 12.3 Å². The van der Waals surface area contributed by atoms with Gasteiger partial charge in [-0.3, -0.25) is 9.78 Å². The van der Waals surface area contributed by atoms with Gasteiger partial charge in [0, 0.05) is 30.3 Å². The molecule has 0 aromatic carbocycles. The first-order valence-electron chi connectivity index (χ1n) is 6.22. The normalized spacial score (nSPS) is 27.1. The average molecular weight is 231 g/mol. The number of hydrogen-bond acceptors (Lipinski definition) is 3. The second-order valence-corrected chi connectivity index (χ2v) is 4.99. The Labute approximate surface area is 101 Å². The van der Waals surface area contributed by atoms with Crippen LogP contribution in [0.2, 0.25) is 0 Å². The molecule has 2 aliphatic rings. The maximum atomic E-state index is 11.8. The van der Waals surface area contributed by atoms with Gasteiger partial charge in [-0.05, 0) is 43.6 Å². The van der Waals surface area contributed by atoms with Crippen LogP contribution in [-0.4, -0.2) is 29.5 Å². The second-order valence-electron chi connectivity index (χ2n) is 4.99. The highest BCUT2D eigenvalue weighted by Gasteiger charge is 2.47. The lowest BCUT2D eigenvalue weighted by molar-refractivity contribution is -0.119. The lowest BCUT2D eigenvalue weighted by Gasteiger charge is -2.39. The summed E-state index contributed by atoms with van der Waals surface area (Å²) >= 11 is 0. The molecule has 90 valence electrons. The number of pyridine rings is 1. The SMILES string of the molecule is O=C1C[C@H](c2ccncc2)C2(CCNCC2)N1. The zero-order chi connectivity index (χ0) is 11.7. The molecule has 2 fully saturated rings. The number of carbonyl (C=O) groups excluding carboxylic acids is 1. The molecule has 0 bridgehead atoms. The van der Waals surface area contributed by atoms with Crippen LogP contribution >= 0.6 is 0 Å². The van der Waals surface area contributed by atoms with Crippen molar-refractivity contribution in [2.45, 2.75) is 30.7 Å². The highest BCUT2D eigenvalue weighted by Crippen LogP contribution is 2.41. The number of rotatable bonds is 1. The third-order valence-electron chi connectivity index (χ3n) is 4.05. The van der Waals surface area contributed by atoms with Crippen LogP contribution in [-0.2, 0) is 4.79 Å². The van der Waals surface area contributed by atoms with Crippen LogP contribution in [0.5, 0.6) is 0 Å². The van der Waals surface area contributed by atoms with Crippen molar-refractivity contribution in [2.24, 2.45) is 0 Å². The minimum atomic E-state index is -0.0241. The van der Waals surface area contributed by atoms with Gasteiger partial charge in [0.25, 0.3) is 0 Å². The number of piperidine rings is 1. The number of carbonyl (C=O) groups is 1. The Hall–Kier alpha value is -1.42. The Kier molecular flexibility index (Phi) is 2.59. The molecule has 17 heavy (non-hydrogen) atoms. The molecule has 1 spiro atoms. The molecule has 2 aliphatic heterocycles. The molecular formula is C13H17N3O.